The molecule has 0 unspecified atom stereocenters. The van der Waals surface area contributed by atoms with E-state index >= 15 is 0 Å². The molecule has 0 amide bonds. The second-order valence-electron chi connectivity index (χ2n) is 2.97. The Labute approximate surface area is 98.9 Å². The Balaban J connectivity index is 0.000000980. The average Bonchev–Trinajstić information content (AvgIpc) is 2.03. The van der Waals surface area contributed by atoms with Crippen molar-refractivity contribution in [1.82, 2.24) is 5.32 Å². The van der Waals surface area contributed by atoms with Crippen LogP contribution < -0.4 is 10.1 Å². The third-order valence-electron chi connectivity index (χ3n) is 1.93. The molecule has 1 aromatic carbocycles. The van der Waals surface area contributed by atoms with Gasteiger partial charge in [0.1, 0.15) is 11.9 Å². The molecular formula is C9H10Cl3NO. The molecule has 0 saturated carbocycles. The number of benzene rings is 1. The minimum absolute atomic E-state index is 0. The third kappa shape index (κ3) is 2.67. The van der Waals surface area contributed by atoms with E-state index in [1.807, 2.05) is 0 Å². The fourth-order valence-corrected chi connectivity index (χ4v) is 1.42. The quantitative estimate of drug-likeness (QED) is 0.876. The summed E-state index contributed by atoms with van der Waals surface area (Å²) < 4.78 is 5.58. The van der Waals surface area contributed by atoms with Gasteiger partial charge in [0.2, 0.25) is 0 Å². The number of ether oxygens (including phenoxy) is 1. The van der Waals surface area contributed by atoms with Crippen molar-refractivity contribution in [2.24, 2.45) is 0 Å². The summed E-state index contributed by atoms with van der Waals surface area (Å²) in [6, 6.07) is 5.23. The van der Waals surface area contributed by atoms with E-state index in [1.54, 1.807) is 18.2 Å². The molecule has 1 aromatic rings. The predicted octanol–water partition coefficient (Wildman–Crippen LogP) is 2.77. The van der Waals surface area contributed by atoms with Gasteiger partial charge in [-0.25, -0.2) is 0 Å². The molecule has 1 heterocycles. The molecule has 1 aliphatic rings. The van der Waals surface area contributed by atoms with Crippen LogP contribution >= 0.6 is 35.6 Å². The first kappa shape index (κ1) is 11.9. The van der Waals surface area contributed by atoms with Gasteiger partial charge in [0.05, 0.1) is 5.02 Å². The van der Waals surface area contributed by atoms with Crippen LogP contribution in [-0.4, -0.2) is 19.2 Å². The topological polar surface area (TPSA) is 21.3 Å². The monoisotopic (exact) mass is 253 g/mol. The van der Waals surface area contributed by atoms with E-state index in [2.05, 4.69) is 5.32 Å². The summed E-state index contributed by atoms with van der Waals surface area (Å²) in [5.41, 5.74) is 0. The molecule has 1 saturated heterocycles. The van der Waals surface area contributed by atoms with Crippen molar-refractivity contribution in [3.63, 3.8) is 0 Å². The van der Waals surface area contributed by atoms with Crippen molar-refractivity contribution in [3.8, 4) is 5.75 Å². The van der Waals surface area contributed by atoms with Gasteiger partial charge in [-0.1, -0.05) is 23.2 Å². The predicted molar refractivity (Wildman–Crippen MR) is 61.0 cm³/mol. The van der Waals surface area contributed by atoms with Gasteiger partial charge in [0.25, 0.3) is 0 Å². The van der Waals surface area contributed by atoms with Crippen molar-refractivity contribution in [3.05, 3.63) is 28.2 Å². The summed E-state index contributed by atoms with van der Waals surface area (Å²) in [5.74, 6) is 0.667. The molecule has 1 N–H and O–H groups in total. The Hall–Kier alpha value is -0.150. The molecule has 0 aromatic heterocycles. The highest BCUT2D eigenvalue weighted by Crippen LogP contribution is 2.28. The minimum atomic E-state index is 0. The number of halogens is 3. The van der Waals surface area contributed by atoms with Crippen LogP contribution in [0, 0.1) is 0 Å². The molecule has 0 aliphatic carbocycles. The Bertz CT molecular complexity index is 315. The van der Waals surface area contributed by atoms with Crippen LogP contribution in [0.15, 0.2) is 18.2 Å². The maximum Gasteiger partial charge on any atom is 0.139 e. The van der Waals surface area contributed by atoms with E-state index in [1.165, 1.54) is 0 Å². The van der Waals surface area contributed by atoms with Gasteiger partial charge in [-0.05, 0) is 12.1 Å². The van der Waals surface area contributed by atoms with Gasteiger partial charge in [0.15, 0.2) is 0 Å². The van der Waals surface area contributed by atoms with Crippen molar-refractivity contribution in [1.29, 1.82) is 0 Å². The van der Waals surface area contributed by atoms with Gasteiger partial charge in [-0.3, -0.25) is 0 Å². The van der Waals surface area contributed by atoms with Crippen LogP contribution in [0.5, 0.6) is 5.75 Å². The third-order valence-corrected chi connectivity index (χ3v) is 2.48. The van der Waals surface area contributed by atoms with Crippen molar-refractivity contribution >= 4 is 35.6 Å². The van der Waals surface area contributed by atoms with Gasteiger partial charge < -0.3 is 10.1 Å². The largest absolute Gasteiger partial charge is 0.486 e. The molecule has 2 nitrogen and oxygen atoms in total. The van der Waals surface area contributed by atoms with Gasteiger partial charge in [0, 0.05) is 24.2 Å². The summed E-state index contributed by atoms with van der Waals surface area (Å²) in [4.78, 5) is 0. The molecule has 78 valence electrons. The lowest BCUT2D eigenvalue weighted by Gasteiger charge is -2.28. The second kappa shape index (κ2) is 5.08. The lowest BCUT2D eigenvalue weighted by molar-refractivity contribution is 0.142. The van der Waals surface area contributed by atoms with Crippen molar-refractivity contribution < 1.29 is 4.74 Å². The highest BCUT2D eigenvalue weighted by Gasteiger charge is 2.19. The van der Waals surface area contributed by atoms with E-state index in [9.17, 15) is 0 Å². The van der Waals surface area contributed by atoms with Crippen LogP contribution in [0.4, 0.5) is 0 Å². The standard InChI is InChI=1S/C9H9Cl2NO.ClH/c10-6-1-2-8(11)9(3-6)13-7-4-12-5-7;/h1-3,7,12H,4-5H2;1H. The van der Waals surface area contributed by atoms with E-state index in [0.717, 1.165) is 13.1 Å². The van der Waals surface area contributed by atoms with Gasteiger partial charge >= 0.3 is 0 Å². The second-order valence-corrected chi connectivity index (χ2v) is 3.82. The number of hydrogen-bond donors (Lipinski definition) is 1. The molecule has 1 aliphatic heterocycles. The fraction of sp³-hybridized carbons (Fsp3) is 0.333. The molecule has 0 radical (unpaired) electrons. The first-order valence-corrected chi connectivity index (χ1v) is 4.84. The minimum Gasteiger partial charge on any atom is -0.486 e. The van der Waals surface area contributed by atoms with Gasteiger partial charge in [-0.15, -0.1) is 12.4 Å². The highest BCUT2D eigenvalue weighted by atomic mass is 35.5. The molecule has 14 heavy (non-hydrogen) atoms. The zero-order valence-corrected chi connectivity index (χ0v) is 9.62. The zero-order chi connectivity index (χ0) is 9.26. The summed E-state index contributed by atoms with van der Waals surface area (Å²) >= 11 is 11.7. The maximum absolute atomic E-state index is 5.92. The van der Waals surface area contributed by atoms with E-state index in [4.69, 9.17) is 27.9 Å². The Kier molecular flexibility index (Phi) is 4.32. The van der Waals surface area contributed by atoms with Crippen LogP contribution in [0.1, 0.15) is 0 Å². The average molecular weight is 255 g/mol. The van der Waals surface area contributed by atoms with E-state index in [-0.39, 0.29) is 18.5 Å². The number of rotatable bonds is 2. The summed E-state index contributed by atoms with van der Waals surface area (Å²) in [7, 11) is 0. The van der Waals surface area contributed by atoms with E-state index < -0.39 is 0 Å². The SMILES string of the molecule is Cl.Clc1ccc(Cl)c(OC2CNC2)c1. The zero-order valence-electron chi connectivity index (χ0n) is 7.30. The molecule has 1 fully saturated rings. The first-order chi connectivity index (χ1) is 6.25. The summed E-state index contributed by atoms with van der Waals surface area (Å²) in [5, 5.41) is 4.37. The summed E-state index contributed by atoms with van der Waals surface area (Å²) in [6.07, 6.45) is 0.232. The number of nitrogens with one attached hydrogen (secondary N) is 1. The van der Waals surface area contributed by atoms with Crippen LogP contribution in [0.2, 0.25) is 10.0 Å². The van der Waals surface area contributed by atoms with Crippen LogP contribution in [0.3, 0.4) is 0 Å². The fourth-order valence-electron chi connectivity index (χ4n) is 1.09. The lowest BCUT2D eigenvalue weighted by atomic mass is 10.2. The smallest absolute Gasteiger partial charge is 0.139 e. The normalized spacial score (nSPS) is 15.6. The molecule has 5 heteroatoms. The van der Waals surface area contributed by atoms with E-state index in [0.29, 0.717) is 15.8 Å². The molecule has 2 rings (SSSR count). The van der Waals surface area contributed by atoms with Crippen molar-refractivity contribution in [2.75, 3.05) is 13.1 Å². The molecule has 0 atom stereocenters. The summed E-state index contributed by atoms with van der Waals surface area (Å²) in [6.45, 7) is 1.76. The van der Waals surface area contributed by atoms with Gasteiger partial charge in [-0.2, -0.15) is 0 Å². The first-order valence-electron chi connectivity index (χ1n) is 4.08. The van der Waals surface area contributed by atoms with Crippen LogP contribution in [0.25, 0.3) is 0 Å². The Morgan fingerprint density at radius 2 is 2.00 bits per heavy atom. The Morgan fingerprint density at radius 3 is 2.57 bits per heavy atom. The lowest BCUT2D eigenvalue weighted by Crippen LogP contribution is -2.50. The molecule has 0 bridgehead atoms. The van der Waals surface area contributed by atoms with Crippen LogP contribution in [-0.2, 0) is 0 Å². The molecular weight excluding hydrogens is 244 g/mol. The highest BCUT2D eigenvalue weighted by molar-refractivity contribution is 6.34. The van der Waals surface area contributed by atoms with Crippen molar-refractivity contribution in [2.45, 2.75) is 6.10 Å². The Morgan fingerprint density at radius 1 is 1.29 bits per heavy atom. The molecule has 0 spiro atoms. The maximum atomic E-state index is 5.92. The number of hydrogen-bond acceptors (Lipinski definition) is 2.